The van der Waals surface area contributed by atoms with E-state index in [0.717, 1.165) is 11.3 Å². The second-order valence-electron chi connectivity index (χ2n) is 6.76. The summed E-state index contributed by atoms with van der Waals surface area (Å²) in [4.78, 5) is 12.2. The lowest BCUT2D eigenvalue weighted by Crippen LogP contribution is -2.20. The first-order chi connectivity index (χ1) is 14.5. The molecule has 0 aromatic heterocycles. The number of benzene rings is 3. The molecule has 0 aliphatic heterocycles. The Morgan fingerprint density at radius 3 is 2.40 bits per heavy atom. The quantitative estimate of drug-likeness (QED) is 0.464. The van der Waals surface area contributed by atoms with Gasteiger partial charge in [-0.15, -0.1) is 0 Å². The van der Waals surface area contributed by atoms with Gasteiger partial charge in [-0.05, 0) is 55.8 Å². The van der Waals surface area contributed by atoms with Crippen LogP contribution < -0.4 is 20.1 Å². The molecule has 3 rings (SSSR count). The maximum atomic E-state index is 12.2. The zero-order chi connectivity index (χ0) is 21.3. The molecule has 0 radical (unpaired) electrons. The van der Waals surface area contributed by atoms with Crippen molar-refractivity contribution < 1.29 is 14.3 Å². The smallest absolute Gasteiger partial charge is 0.262 e. The van der Waals surface area contributed by atoms with Gasteiger partial charge in [0, 0.05) is 17.9 Å². The van der Waals surface area contributed by atoms with E-state index in [0.29, 0.717) is 35.4 Å². The van der Waals surface area contributed by atoms with Gasteiger partial charge in [0.1, 0.15) is 0 Å². The molecule has 0 bridgehead atoms. The lowest BCUT2D eigenvalue weighted by atomic mass is 10.2. The minimum absolute atomic E-state index is 0.171. The van der Waals surface area contributed by atoms with E-state index in [4.69, 9.17) is 21.1 Å². The van der Waals surface area contributed by atoms with Crippen LogP contribution in [0.4, 0.5) is 11.4 Å². The summed E-state index contributed by atoms with van der Waals surface area (Å²) in [5.41, 5.74) is 3.89. The molecule has 0 heterocycles. The summed E-state index contributed by atoms with van der Waals surface area (Å²) in [6.07, 6.45) is 0. The molecular formula is C24H25ClN2O3. The summed E-state index contributed by atoms with van der Waals surface area (Å²) in [6.45, 7) is 4.80. The van der Waals surface area contributed by atoms with Crippen molar-refractivity contribution in [2.24, 2.45) is 0 Å². The van der Waals surface area contributed by atoms with E-state index in [9.17, 15) is 4.79 Å². The van der Waals surface area contributed by atoms with Gasteiger partial charge in [-0.25, -0.2) is 0 Å². The Morgan fingerprint density at radius 1 is 0.967 bits per heavy atom. The predicted molar refractivity (Wildman–Crippen MR) is 122 cm³/mol. The largest absolute Gasteiger partial charge is 0.490 e. The average molecular weight is 425 g/mol. The van der Waals surface area contributed by atoms with Gasteiger partial charge in [-0.3, -0.25) is 4.79 Å². The lowest BCUT2D eigenvalue weighted by molar-refractivity contribution is -0.118. The van der Waals surface area contributed by atoms with Gasteiger partial charge in [0.2, 0.25) is 0 Å². The molecule has 3 aromatic rings. The average Bonchev–Trinajstić information content (AvgIpc) is 2.74. The zero-order valence-corrected chi connectivity index (χ0v) is 17.8. The second-order valence-corrected chi connectivity index (χ2v) is 7.17. The summed E-state index contributed by atoms with van der Waals surface area (Å²) >= 11 is 6.45. The standard InChI is InChI=1S/C24H25ClN2O3/c1-3-29-22-14-18(15-26-19-11-9-17(2)10-12-19)13-21(25)24(22)30-16-23(28)27-20-7-5-4-6-8-20/h4-14,26H,3,15-16H2,1-2H3,(H,27,28). The number of anilines is 2. The van der Waals surface area contributed by atoms with Crippen LogP contribution >= 0.6 is 11.6 Å². The molecule has 0 spiro atoms. The Kier molecular flexibility index (Phi) is 7.57. The van der Waals surface area contributed by atoms with E-state index < -0.39 is 0 Å². The fraction of sp³-hybridized carbons (Fsp3) is 0.208. The van der Waals surface area contributed by atoms with Crippen molar-refractivity contribution in [3.63, 3.8) is 0 Å². The highest BCUT2D eigenvalue weighted by atomic mass is 35.5. The number of aryl methyl sites for hydroxylation is 1. The fourth-order valence-corrected chi connectivity index (χ4v) is 3.15. The molecular weight excluding hydrogens is 400 g/mol. The van der Waals surface area contributed by atoms with Crippen LogP contribution in [0.5, 0.6) is 11.5 Å². The highest BCUT2D eigenvalue weighted by Crippen LogP contribution is 2.37. The fourth-order valence-electron chi connectivity index (χ4n) is 2.86. The monoisotopic (exact) mass is 424 g/mol. The molecule has 0 saturated heterocycles. The molecule has 2 N–H and O–H groups in total. The minimum Gasteiger partial charge on any atom is -0.490 e. The van der Waals surface area contributed by atoms with E-state index >= 15 is 0 Å². The predicted octanol–water partition coefficient (Wildman–Crippen LogP) is 5.68. The van der Waals surface area contributed by atoms with Crippen molar-refractivity contribution >= 4 is 28.9 Å². The third kappa shape index (κ3) is 6.16. The molecule has 156 valence electrons. The van der Waals surface area contributed by atoms with Crippen LogP contribution in [0.3, 0.4) is 0 Å². The SMILES string of the molecule is CCOc1cc(CNc2ccc(C)cc2)cc(Cl)c1OCC(=O)Nc1ccccc1. The van der Waals surface area contributed by atoms with E-state index in [1.807, 2.05) is 61.5 Å². The van der Waals surface area contributed by atoms with Gasteiger partial charge in [-0.2, -0.15) is 0 Å². The van der Waals surface area contributed by atoms with Crippen molar-refractivity contribution in [1.82, 2.24) is 0 Å². The summed E-state index contributed by atoms with van der Waals surface area (Å²) < 4.78 is 11.4. The Bertz CT molecular complexity index is 976. The normalized spacial score (nSPS) is 10.4. The van der Waals surface area contributed by atoms with Crippen LogP contribution in [0.25, 0.3) is 0 Å². The first-order valence-corrected chi connectivity index (χ1v) is 10.2. The molecule has 0 unspecified atom stereocenters. The van der Waals surface area contributed by atoms with Crippen molar-refractivity contribution in [2.45, 2.75) is 20.4 Å². The highest BCUT2D eigenvalue weighted by Gasteiger charge is 2.14. The maximum Gasteiger partial charge on any atom is 0.262 e. The van der Waals surface area contributed by atoms with Crippen molar-refractivity contribution in [3.8, 4) is 11.5 Å². The van der Waals surface area contributed by atoms with Gasteiger partial charge >= 0.3 is 0 Å². The topological polar surface area (TPSA) is 59.6 Å². The van der Waals surface area contributed by atoms with E-state index in [2.05, 4.69) is 29.7 Å². The number of para-hydroxylation sites is 1. The number of carbonyl (C=O) groups excluding carboxylic acids is 1. The molecule has 30 heavy (non-hydrogen) atoms. The van der Waals surface area contributed by atoms with Crippen LogP contribution in [0.1, 0.15) is 18.1 Å². The van der Waals surface area contributed by atoms with Crippen LogP contribution in [0, 0.1) is 6.92 Å². The van der Waals surface area contributed by atoms with E-state index in [1.165, 1.54) is 5.56 Å². The van der Waals surface area contributed by atoms with Crippen LogP contribution in [-0.2, 0) is 11.3 Å². The summed E-state index contributed by atoms with van der Waals surface area (Å²) in [5, 5.41) is 6.54. The van der Waals surface area contributed by atoms with Gasteiger partial charge in [0.15, 0.2) is 18.1 Å². The molecule has 0 fully saturated rings. The Labute approximate surface area is 182 Å². The molecule has 5 nitrogen and oxygen atoms in total. The Morgan fingerprint density at radius 2 is 1.70 bits per heavy atom. The van der Waals surface area contributed by atoms with Crippen molar-refractivity contribution in [3.05, 3.63) is 82.9 Å². The zero-order valence-electron chi connectivity index (χ0n) is 17.1. The number of ether oxygens (including phenoxy) is 2. The first kappa shape index (κ1) is 21.5. The molecule has 3 aromatic carbocycles. The third-order valence-corrected chi connectivity index (χ3v) is 4.60. The first-order valence-electron chi connectivity index (χ1n) is 9.78. The number of hydrogen-bond donors (Lipinski definition) is 2. The number of rotatable bonds is 9. The number of hydrogen-bond acceptors (Lipinski definition) is 4. The van der Waals surface area contributed by atoms with Crippen LogP contribution in [0.2, 0.25) is 5.02 Å². The number of amides is 1. The van der Waals surface area contributed by atoms with Gasteiger partial charge < -0.3 is 20.1 Å². The molecule has 0 aliphatic carbocycles. The van der Waals surface area contributed by atoms with E-state index in [1.54, 1.807) is 0 Å². The number of carbonyl (C=O) groups is 1. The second kappa shape index (κ2) is 10.6. The van der Waals surface area contributed by atoms with Gasteiger partial charge in [0.05, 0.1) is 11.6 Å². The minimum atomic E-state index is -0.273. The molecule has 0 aliphatic rings. The van der Waals surface area contributed by atoms with Crippen LogP contribution in [0.15, 0.2) is 66.7 Å². The van der Waals surface area contributed by atoms with Gasteiger partial charge in [0.25, 0.3) is 5.91 Å². The highest BCUT2D eigenvalue weighted by molar-refractivity contribution is 6.32. The summed E-state index contributed by atoms with van der Waals surface area (Å²) in [7, 11) is 0. The molecule has 1 amide bonds. The van der Waals surface area contributed by atoms with Gasteiger partial charge in [-0.1, -0.05) is 47.5 Å². The maximum absolute atomic E-state index is 12.2. The number of halogens is 1. The number of nitrogens with one attached hydrogen (secondary N) is 2. The summed E-state index contributed by atoms with van der Waals surface area (Å²) in [6, 6.07) is 21.1. The third-order valence-electron chi connectivity index (χ3n) is 4.32. The lowest BCUT2D eigenvalue weighted by Gasteiger charge is -2.16. The van der Waals surface area contributed by atoms with Crippen molar-refractivity contribution in [2.75, 3.05) is 23.8 Å². The molecule has 0 saturated carbocycles. The van der Waals surface area contributed by atoms with E-state index in [-0.39, 0.29) is 12.5 Å². The summed E-state index contributed by atoms with van der Waals surface area (Å²) in [5.74, 6) is 0.601. The van der Waals surface area contributed by atoms with Crippen molar-refractivity contribution in [1.29, 1.82) is 0 Å². The Hall–Kier alpha value is -3.18. The van der Waals surface area contributed by atoms with Crippen LogP contribution in [-0.4, -0.2) is 19.1 Å². The molecule has 0 atom stereocenters. The Balaban J connectivity index is 1.66. The molecule has 6 heteroatoms.